The fourth-order valence-corrected chi connectivity index (χ4v) is 6.18. The van der Waals surface area contributed by atoms with Gasteiger partial charge < -0.3 is 16.0 Å². The molecule has 9 heteroatoms. The highest BCUT2D eigenvalue weighted by molar-refractivity contribution is 7.22. The van der Waals surface area contributed by atoms with Gasteiger partial charge in [-0.3, -0.25) is 14.9 Å². The smallest absolute Gasteiger partial charge is 0.319 e. The number of thiophene rings is 1. The van der Waals surface area contributed by atoms with Gasteiger partial charge in [0.05, 0.1) is 26.8 Å². The molecule has 0 unspecified atom stereocenters. The second-order valence-electron chi connectivity index (χ2n) is 10.5. The first kappa shape index (κ1) is 26.6. The van der Waals surface area contributed by atoms with Crippen LogP contribution in [0.4, 0.5) is 14.9 Å². The topological polar surface area (TPSA) is 82.2 Å². The molecule has 1 aromatic carbocycles. The van der Waals surface area contributed by atoms with Crippen LogP contribution in [0.1, 0.15) is 42.4 Å². The molecular formula is C31H33FN6OS. The molecule has 2 fully saturated rings. The summed E-state index contributed by atoms with van der Waals surface area (Å²) >= 11 is 1.64. The third-order valence-corrected chi connectivity index (χ3v) is 8.64. The highest BCUT2D eigenvalue weighted by Gasteiger charge is 2.19. The van der Waals surface area contributed by atoms with Crippen LogP contribution in [0.25, 0.3) is 32.9 Å². The number of amides is 2. The Morgan fingerprint density at radius 3 is 2.58 bits per heavy atom. The molecule has 0 atom stereocenters. The summed E-state index contributed by atoms with van der Waals surface area (Å²) < 4.78 is 15.9. The van der Waals surface area contributed by atoms with E-state index in [1.54, 1.807) is 35.7 Å². The van der Waals surface area contributed by atoms with Gasteiger partial charge in [-0.25, -0.2) is 9.18 Å². The summed E-state index contributed by atoms with van der Waals surface area (Å²) in [6.45, 7) is 4.79. The first-order valence-corrected chi connectivity index (χ1v) is 14.7. The molecule has 0 bridgehead atoms. The Bertz CT molecular complexity index is 1510. The van der Waals surface area contributed by atoms with Gasteiger partial charge in [0.25, 0.3) is 0 Å². The number of anilines is 1. The summed E-state index contributed by atoms with van der Waals surface area (Å²) in [4.78, 5) is 25.0. The molecule has 0 aliphatic carbocycles. The molecule has 2 aliphatic heterocycles. The van der Waals surface area contributed by atoms with Gasteiger partial charge in [0.15, 0.2) is 0 Å². The average Bonchev–Trinajstić information content (AvgIpc) is 3.21. The molecule has 0 saturated carbocycles. The van der Waals surface area contributed by atoms with Crippen LogP contribution in [-0.2, 0) is 6.54 Å². The van der Waals surface area contributed by atoms with Crippen LogP contribution in [0.3, 0.4) is 0 Å². The normalized spacial score (nSPS) is 16.6. The Labute approximate surface area is 237 Å². The molecule has 0 spiro atoms. The zero-order chi connectivity index (χ0) is 27.3. The lowest BCUT2D eigenvalue weighted by Crippen LogP contribution is -2.57. The number of pyridine rings is 2. The van der Waals surface area contributed by atoms with Crippen molar-refractivity contribution >= 4 is 45.4 Å². The number of nitrogens with zero attached hydrogens (tertiary/aromatic N) is 3. The Kier molecular flexibility index (Phi) is 8.13. The van der Waals surface area contributed by atoms with Crippen LogP contribution < -0.4 is 16.0 Å². The number of nitrogens with one attached hydrogen (secondary N) is 3. The van der Waals surface area contributed by atoms with E-state index in [-0.39, 0.29) is 12.1 Å². The lowest BCUT2D eigenvalue weighted by Gasteiger charge is -2.27. The predicted molar refractivity (Wildman–Crippen MR) is 161 cm³/mol. The van der Waals surface area contributed by atoms with Crippen molar-refractivity contribution in [3.05, 3.63) is 77.4 Å². The highest BCUT2D eigenvalue weighted by atomic mass is 32.1. The van der Waals surface area contributed by atoms with Crippen molar-refractivity contribution in [3.63, 3.8) is 0 Å². The Morgan fingerprint density at radius 2 is 1.85 bits per heavy atom. The first-order valence-electron chi connectivity index (χ1n) is 13.9. The second kappa shape index (κ2) is 12.2. The van der Waals surface area contributed by atoms with E-state index in [2.05, 4.69) is 44.0 Å². The number of rotatable bonds is 7. The molecule has 3 N–H and O–H groups in total. The van der Waals surface area contributed by atoms with Crippen LogP contribution in [0.15, 0.2) is 54.9 Å². The summed E-state index contributed by atoms with van der Waals surface area (Å²) in [5.41, 5.74) is 4.90. The minimum absolute atomic E-state index is 0.117. The van der Waals surface area contributed by atoms with Crippen LogP contribution in [0.5, 0.6) is 0 Å². The SMILES string of the molecule is O=C(Nc1ccc(/C=C\c2ccnc3cc(-c4ccc(CN5CCCCCC5)cn4)sc23)c(F)c1)NC1CNC1. The summed E-state index contributed by atoms with van der Waals surface area (Å²) in [5.74, 6) is -0.402. The molecule has 4 aromatic rings. The van der Waals surface area contributed by atoms with Gasteiger partial charge in [-0.05, 0) is 73.5 Å². The van der Waals surface area contributed by atoms with E-state index >= 15 is 0 Å². The lowest BCUT2D eigenvalue weighted by atomic mass is 10.1. The predicted octanol–water partition coefficient (Wildman–Crippen LogP) is 6.14. The van der Waals surface area contributed by atoms with Gasteiger partial charge in [0, 0.05) is 43.3 Å². The molecule has 7 nitrogen and oxygen atoms in total. The van der Waals surface area contributed by atoms with Crippen molar-refractivity contribution in [2.24, 2.45) is 0 Å². The lowest BCUT2D eigenvalue weighted by molar-refractivity contribution is 0.243. The first-order chi connectivity index (χ1) is 19.6. The zero-order valence-electron chi connectivity index (χ0n) is 22.3. The summed E-state index contributed by atoms with van der Waals surface area (Å²) in [5, 5.41) is 8.63. The minimum Gasteiger partial charge on any atom is -0.333 e. The van der Waals surface area contributed by atoms with Crippen molar-refractivity contribution in [1.82, 2.24) is 25.5 Å². The third kappa shape index (κ3) is 6.38. The maximum atomic E-state index is 14.8. The fourth-order valence-electron chi connectivity index (χ4n) is 5.09. The number of carbonyl (C=O) groups is 1. The maximum Gasteiger partial charge on any atom is 0.319 e. The number of halogens is 1. The number of fused-ring (bicyclic) bond motifs is 1. The highest BCUT2D eigenvalue weighted by Crippen LogP contribution is 2.34. The van der Waals surface area contributed by atoms with Crippen LogP contribution >= 0.6 is 11.3 Å². The average molecular weight is 557 g/mol. The number of carbonyl (C=O) groups excluding carboxylic acids is 1. The Morgan fingerprint density at radius 1 is 1.02 bits per heavy atom. The van der Waals surface area contributed by atoms with E-state index in [0.717, 1.165) is 46.0 Å². The largest absolute Gasteiger partial charge is 0.333 e. The van der Waals surface area contributed by atoms with Gasteiger partial charge in [-0.2, -0.15) is 0 Å². The van der Waals surface area contributed by atoms with Gasteiger partial charge in [-0.15, -0.1) is 11.3 Å². The molecule has 3 aromatic heterocycles. The Hall–Kier alpha value is -3.66. The molecule has 2 saturated heterocycles. The summed E-state index contributed by atoms with van der Waals surface area (Å²) in [6, 6.07) is 12.8. The van der Waals surface area contributed by atoms with Gasteiger partial charge in [0.1, 0.15) is 5.82 Å². The third-order valence-electron chi connectivity index (χ3n) is 7.44. The van der Waals surface area contributed by atoms with Gasteiger partial charge in [0.2, 0.25) is 0 Å². The minimum atomic E-state index is -0.402. The second-order valence-corrected chi connectivity index (χ2v) is 11.5. The summed E-state index contributed by atoms with van der Waals surface area (Å²) in [7, 11) is 0. The molecule has 2 amide bonds. The van der Waals surface area contributed by atoms with Crippen molar-refractivity contribution in [3.8, 4) is 10.6 Å². The number of benzene rings is 1. The van der Waals surface area contributed by atoms with Gasteiger partial charge in [-0.1, -0.05) is 31.1 Å². The van der Waals surface area contributed by atoms with Crippen LogP contribution in [0, 0.1) is 5.82 Å². The van der Waals surface area contributed by atoms with E-state index in [1.807, 2.05) is 18.3 Å². The monoisotopic (exact) mass is 556 g/mol. The molecule has 206 valence electrons. The maximum absolute atomic E-state index is 14.8. The van der Waals surface area contributed by atoms with E-state index in [9.17, 15) is 9.18 Å². The number of hydrogen-bond acceptors (Lipinski definition) is 6. The fraction of sp³-hybridized carbons (Fsp3) is 0.323. The number of likely N-dealkylation sites (tertiary alicyclic amines) is 1. The summed E-state index contributed by atoms with van der Waals surface area (Å²) in [6.07, 6.45) is 12.7. The standard InChI is InChI=1S/C31H33FN6OS/c32-26-15-24(36-31(39)37-25-18-33-19-25)9-8-22(26)6-7-23-11-12-34-28-16-29(40-30(23)28)27-10-5-21(17-35-27)20-38-13-3-1-2-4-14-38/h5-12,15-17,25,33H,1-4,13-14,18-20H2,(H2,36,37,39)/b7-6-. The number of aromatic nitrogens is 2. The van der Waals surface area contributed by atoms with E-state index in [1.165, 1.54) is 50.4 Å². The molecule has 5 heterocycles. The van der Waals surface area contributed by atoms with Crippen molar-refractivity contribution in [1.29, 1.82) is 0 Å². The Balaban J connectivity index is 1.14. The van der Waals surface area contributed by atoms with Crippen LogP contribution in [0.2, 0.25) is 0 Å². The van der Waals surface area contributed by atoms with E-state index in [0.29, 0.717) is 11.3 Å². The van der Waals surface area contributed by atoms with Gasteiger partial charge >= 0.3 is 6.03 Å². The van der Waals surface area contributed by atoms with Crippen molar-refractivity contribution in [2.75, 3.05) is 31.5 Å². The molecule has 40 heavy (non-hydrogen) atoms. The zero-order valence-corrected chi connectivity index (χ0v) is 23.1. The molecule has 0 radical (unpaired) electrons. The van der Waals surface area contributed by atoms with Crippen LogP contribution in [-0.4, -0.2) is 53.1 Å². The van der Waals surface area contributed by atoms with Crippen molar-refractivity contribution in [2.45, 2.75) is 38.3 Å². The number of urea groups is 1. The molecule has 2 aliphatic rings. The van der Waals surface area contributed by atoms with E-state index in [4.69, 9.17) is 4.98 Å². The molecule has 6 rings (SSSR count). The quantitative estimate of drug-likeness (QED) is 0.255. The number of hydrogen-bond donors (Lipinski definition) is 3. The van der Waals surface area contributed by atoms with Crippen molar-refractivity contribution < 1.29 is 9.18 Å². The molecular weight excluding hydrogens is 523 g/mol. The van der Waals surface area contributed by atoms with E-state index < -0.39 is 5.82 Å².